The number of nitrogens with one attached hydrogen (secondary N) is 1. The van der Waals surface area contributed by atoms with Crippen molar-refractivity contribution in [2.24, 2.45) is 10.3 Å². The molecule has 0 saturated carbocycles. The number of rotatable bonds is 3. The number of sulfonamides is 1. The first-order valence-corrected chi connectivity index (χ1v) is 9.52. The van der Waals surface area contributed by atoms with Gasteiger partial charge in [0.25, 0.3) is 15.9 Å². The molecule has 0 spiro atoms. The van der Waals surface area contributed by atoms with E-state index in [2.05, 4.69) is 9.71 Å². The van der Waals surface area contributed by atoms with Gasteiger partial charge in [-0.1, -0.05) is 0 Å². The summed E-state index contributed by atoms with van der Waals surface area (Å²) in [5.74, 6) is 1.01. The van der Waals surface area contributed by atoms with Gasteiger partial charge in [-0.05, 0) is 44.5 Å². The molecule has 0 unspecified atom stereocenters. The summed E-state index contributed by atoms with van der Waals surface area (Å²) in [5.41, 5.74) is 0.593. The van der Waals surface area contributed by atoms with Crippen LogP contribution in [-0.4, -0.2) is 68.9 Å². The highest BCUT2D eigenvalue weighted by Crippen LogP contribution is 2.21. The highest BCUT2D eigenvalue weighted by atomic mass is 35.5. The first kappa shape index (κ1) is 19.0. The quantitative estimate of drug-likeness (QED) is 0.771. The van der Waals surface area contributed by atoms with E-state index in [1.165, 1.54) is 0 Å². The number of hydrogen-bond acceptors (Lipinski definition) is 5. The molecule has 0 aromatic carbocycles. The van der Waals surface area contributed by atoms with E-state index in [4.69, 9.17) is 0 Å². The van der Waals surface area contributed by atoms with Crippen LogP contribution in [0.25, 0.3) is 0 Å². The Morgan fingerprint density at radius 3 is 2.67 bits per heavy atom. The normalized spacial score (nSPS) is 23.0. The fourth-order valence-corrected chi connectivity index (χ4v) is 4.11. The second-order valence-corrected chi connectivity index (χ2v) is 7.89. The number of hydrogen-bond donors (Lipinski definition) is 1. The van der Waals surface area contributed by atoms with E-state index in [0.717, 1.165) is 32.5 Å². The molecule has 0 aromatic heterocycles. The van der Waals surface area contributed by atoms with Crippen molar-refractivity contribution in [3.8, 4) is 0 Å². The summed E-state index contributed by atoms with van der Waals surface area (Å²) < 4.78 is 26.7. The summed E-state index contributed by atoms with van der Waals surface area (Å²) in [6.07, 6.45) is 7.02. The van der Waals surface area contributed by atoms with Crippen molar-refractivity contribution < 1.29 is 13.2 Å². The van der Waals surface area contributed by atoms with Crippen LogP contribution in [0.2, 0.25) is 0 Å². The second kappa shape index (κ2) is 7.67. The number of halogens is 1. The van der Waals surface area contributed by atoms with Gasteiger partial charge in [0.2, 0.25) is 0 Å². The third-order valence-corrected chi connectivity index (χ3v) is 5.63. The van der Waals surface area contributed by atoms with E-state index in [9.17, 15) is 13.2 Å². The molecule has 0 radical (unpaired) electrons. The van der Waals surface area contributed by atoms with E-state index in [1.807, 2.05) is 11.9 Å². The van der Waals surface area contributed by atoms with Crippen LogP contribution >= 0.6 is 12.4 Å². The van der Waals surface area contributed by atoms with E-state index < -0.39 is 10.0 Å². The number of nitrogens with zero attached hydrogens (tertiary/aromatic N) is 3. The summed E-state index contributed by atoms with van der Waals surface area (Å²) in [4.78, 5) is 16.2. The average Bonchev–Trinajstić information content (AvgIpc) is 2.54. The van der Waals surface area contributed by atoms with Crippen molar-refractivity contribution in [3.05, 3.63) is 23.9 Å². The van der Waals surface area contributed by atoms with Crippen LogP contribution < -0.4 is 5.32 Å². The SMILES string of the molecule is CNCC1CCN(C(=O)C2=CN3CCS(=O)(=O)N=C3C=C2)CC1.Cl. The molecule has 1 amide bonds. The van der Waals surface area contributed by atoms with Gasteiger partial charge in [0.1, 0.15) is 5.84 Å². The number of carbonyl (C=O) groups excluding carboxylic acids is 1. The largest absolute Gasteiger partial charge is 0.339 e. The Bertz CT molecular complexity index is 679. The number of piperidine rings is 1. The fourth-order valence-electron chi connectivity index (χ4n) is 3.14. The first-order valence-electron chi connectivity index (χ1n) is 7.91. The molecule has 1 N–H and O–H groups in total. The van der Waals surface area contributed by atoms with Gasteiger partial charge in [-0.25, -0.2) is 8.42 Å². The third-order valence-electron chi connectivity index (χ3n) is 4.47. The number of amides is 1. The van der Waals surface area contributed by atoms with Crippen LogP contribution in [0.4, 0.5) is 0 Å². The lowest BCUT2D eigenvalue weighted by Gasteiger charge is -2.33. The molecule has 0 bridgehead atoms. The number of likely N-dealkylation sites (tertiary alicyclic amines) is 1. The maximum absolute atomic E-state index is 12.6. The van der Waals surface area contributed by atoms with Crippen molar-refractivity contribution >= 4 is 34.2 Å². The Balaban J connectivity index is 0.00000208. The fraction of sp³-hybridized carbons (Fsp3) is 0.600. The van der Waals surface area contributed by atoms with Crippen LogP contribution in [0.5, 0.6) is 0 Å². The number of amidine groups is 1. The minimum atomic E-state index is -3.36. The molecule has 3 aliphatic heterocycles. The molecule has 3 aliphatic rings. The Morgan fingerprint density at radius 2 is 2.00 bits per heavy atom. The van der Waals surface area contributed by atoms with Gasteiger partial charge in [-0.15, -0.1) is 16.8 Å². The summed E-state index contributed by atoms with van der Waals surface area (Å²) in [5, 5.41) is 3.19. The van der Waals surface area contributed by atoms with E-state index >= 15 is 0 Å². The topological polar surface area (TPSA) is 82.1 Å². The zero-order valence-corrected chi connectivity index (χ0v) is 15.3. The lowest BCUT2D eigenvalue weighted by atomic mass is 9.96. The summed E-state index contributed by atoms with van der Waals surface area (Å²) in [6, 6.07) is 0. The molecule has 1 fully saturated rings. The van der Waals surface area contributed by atoms with Gasteiger partial charge in [0, 0.05) is 25.8 Å². The van der Waals surface area contributed by atoms with Crippen LogP contribution in [-0.2, 0) is 14.8 Å². The molecule has 9 heteroatoms. The van der Waals surface area contributed by atoms with Crippen LogP contribution in [0.1, 0.15) is 12.8 Å². The second-order valence-electron chi connectivity index (χ2n) is 6.14. The first-order chi connectivity index (χ1) is 11.0. The van der Waals surface area contributed by atoms with Crippen molar-refractivity contribution in [3.63, 3.8) is 0 Å². The van der Waals surface area contributed by atoms with E-state index in [-0.39, 0.29) is 24.1 Å². The van der Waals surface area contributed by atoms with Gasteiger partial charge in [0.15, 0.2) is 0 Å². The molecule has 0 aromatic rings. The summed E-state index contributed by atoms with van der Waals surface area (Å²) >= 11 is 0. The maximum atomic E-state index is 12.6. The van der Waals surface area contributed by atoms with Gasteiger partial charge in [0.05, 0.1) is 11.3 Å². The lowest BCUT2D eigenvalue weighted by molar-refractivity contribution is -0.128. The number of fused-ring (bicyclic) bond motifs is 1. The van der Waals surface area contributed by atoms with Gasteiger partial charge >= 0.3 is 0 Å². The predicted molar refractivity (Wildman–Crippen MR) is 95.6 cm³/mol. The Labute approximate surface area is 148 Å². The van der Waals surface area contributed by atoms with Crippen molar-refractivity contribution in [1.82, 2.24) is 15.1 Å². The molecule has 3 heterocycles. The van der Waals surface area contributed by atoms with Gasteiger partial charge in [-0.2, -0.15) is 0 Å². The van der Waals surface area contributed by atoms with Crippen molar-refractivity contribution in [1.29, 1.82) is 0 Å². The van der Waals surface area contributed by atoms with Crippen molar-refractivity contribution in [2.45, 2.75) is 12.8 Å². The zero-order chi connectivity index (χ0) is 16.4. The molecule has 1 saturated heterocycles. The Kier molecular flexibility index (Phi) is 6.06. The standard InChI is InChI=1S/C15H22N4O3S.ClH/c1-16-10-12-4-6-18(7-5-12)15(20)13-2-3-14-17-23(21,22)9-8-19(14)11-13;/h2-3,11-12,16H,4-10H2,1H3;1H. The van der Waals surface area contributed by atoms with Crippen LogP contribution in [0.15, 0.2) is 28.3 Å². The summed E-state index contributed by atoms with van der Waals surface area (Å²) in [6.45, 7) is 2.87. The molecule has 0 atom stereocenters. The lowest BCUT2D eigenvalue weighted by Crippen LogP contribution is -2.42. The molecule has 24 heavy (non-hydrogen) atoms. The van der Waals surface area contributed by atoms with Crippen LogP contribution in [0.3, 0.4) is 0 Å². The monoisotopic (exact) mass is 374 g/mol. The number of carbonyl (C=O) groups is 1. The highest BCUT2D eigenvalue weighted by molar-refractivity contribution is 7.90. The third kappa shape index (κ3) is 4.17. The molecular weight excluding hydrogens is 352 g/mol. The summed E-state index contributed by atoms with van der Waals surface area (Å²) in [7, 11) is -1.41. The zero-order valence-electron chi connectivity index (χ0n) is 13.6. The molecule has 134 valence electrons. The van der Waals surface area contributed by atoms with E-state index in [1.54, 1.807) is 23.3 Å². The molecule has 3 rings (SSSR count). The average molecular weight is 375 g/mol. The molecular formula is C15H23ClN4O3S. The van der Waals surface area contributed by atoms with E-state index in [0.29, 0.717) is 23.9 Å². The van der Waals surface area contributed by atoms with Crippen LogP contribution in [0, 0.1) is 5.92 Å². The Hall–Kier alpha value is -1.38. The Morgan fingerprint density at radius 1 is 1.29 bits per heavy atom. The maximum Gasteiger partial charge on any atom is 0.256 e. The van der Waals surface area contributed by atoms with Gasteiger partial charge < -0.3 is 15.1 Å². The molecule has 7 nitrogen and oxygen atoms in total. The smallest absolute Gasteiger partial charge is 0.256 e. The predicted octanol–water partition coefficient (Wildman–Crippen LogP) is 0.364. The van der Waals surface area contributed by atoms with Gasteiger partial charge in [-0.3, -0.25) is 4.79 Å². The minimum Gasteiger partial charge on any atom is -0.339 e. The van der Waals surface area contributed by atoms with Crippen molar-refractivity contribution in [2.75, 3.05) is 39.0 Å². The minimum absolute atomic E-state index is 0. The highest BCUT2D eigenvalue weighted by Gasteiger charge is 2.28. The molecule has 0 aliphatic carbocycles.